The number of hydrogen-bond donors (Lipinski definition) is 0. The number of rotatable bonds is 4. The fourth-order valence-corrected chi connectivity index (χ4v) is 3.00. The number of amides is 1. The Kier molecular flexibility index (Phi) is 4.83. The molecule has 0 spiro atoms. The first-order valence-electron chi connectivity index (χ1n) is 8.42. The lowest BCUT2D eigenvalue weighted by molar-refractivity contribution is -0.156. The van der Waals surface area contributed by atoms with Gasteiger partial charge in [-0.2, -0.15) is 8.78 Å². The molecule has 0 aliphatic heterocycles. The predicted molar refractivity (Wildman–Crippen MR) is 99.1 cm³/mol. The quantitative estimate of drug-likeness (QED) is 0.654. The average Bonchev–Trinajstić information content (AvgIpc) is 2.64. The van der Waals surface area contributed by atoms with Crippen LogP contribution in [0.25, 0.3) is 11.0 Å². The number of hydrogen-bond acceptors (Lipinski definition) is 3. The van der Waals surface area contributed by atoms with E-state index in [1.807, 2.05) is 30.3 Å². The fourth-order valence-electron chi connectivity index (χ4n) is 3.00. The van der Waals surface area contributed by atoms with Crippen LogP contribution in [0.1, 0.15) is 22.3 Å². The van der Waals surface area contributed by atoms with E-state index in [9.17, 15) is 18.4 Å². The molecule has 1 amide bonds. The Balaban J connectivity index is 2.09. The number of halogens is 2. The smallest absolute Gasteiger partial charge is 0.350 e. The molecule has 0 bridgehead atoms. The van der Waals surface area contributed by atoms with Crippen molar-refractivity contribution in [3.8, 4) is 0 Å². The molecule has 0 saturated heterocycles. The summed E-state index contributed by atoms with van der Waals surface area (Å²) in [7, 11) is 2.52. The first-order valence-corrected chi connectivity index (χ1v) is 8.42. The van der Waals surface area contributed by atoms with Crippen molar-refractivity contribution < 1.29 is 18.0 Å². The van der Waals surface area contributed by atoms with Gasteiger partial charge in [-0.3, -0.25) is 4.79 Å². The number of carbonyl (C=O) groups excluding carboxylic acids is 1. The van der Waals surface area contributed by atoms with Gasteiger partial charge in [0.15, 0.2) is 0 Å². The second-order valence-electron chi connectivity index (χ2n) is 6.64. The lowest BCUT2D eigenvalue weighted by Gasteiger charge is -2.20. The minimum atomic E-state index is -3.70. The molecular formula is C21H19F2NO3. The van der Waals surface area contributed by atoms with Crippen LogP contribution in [0, 0.1) is 6.92 Å². The molecule has 0 fully saturated rings. The average molecular weight is 371 g/mol. The van der Waals surface area contributed by atoms with Crippen LogP contribution >= 0.6 is 0 Å². The second kappa shape index (κ2) is 6.95. The van der Waals surface area contributed by atoms with Crippen molar-refractivity contribution in [1.82, 2.24) is 4.90 Å². The van der Waals surface area contributed by atoms with E-state index in [0.29, 0.717) is 22.9 Å². The molecule has 0 radical (unpaired) electrons. The van der Waals surface area contributed by atoms with Gasteiger partial charge >= 0.3 is 11.5 Å². The molecule has 4 nitrogen and oxygen atoms in total. The lowest BCUT2D eigenvalue weighted by atomic mass is 9.98. The molecule has 6 heteroatoms. The Morgan fingerprint density at radius 2 is 1.78 bits per heavy atom. The van der Waals surface area contributed by atoms with E-state index in [0.717, 1.165) is 16.5 Å². The molecule has 0 atom stereocenters. The van der Waals surface area contributed by atoms with Crippen LogP contribution in [-0.4, -0.2) is 24.9 Å². The maximum atomic E-state index is 14.4. The Morgan fingerprint density at radius 3 is 2.41 bits per heavy atom. The Morgan fingerprint density at radius 1 is 1.11 bits per heavy atom. The van der Waals surface area contributed by atoms with E-state index in [-0.39, 0.29) is 5.58 Å². The van der Waals surface area contributed by atoms with Crippen LogP contribution in [-0.2, 0) is 17.1 Å². The Hall–Kier alpha value is -3.02. The van der Waals surface area contributed by atoms with Gasteiger partial charge < -0.3 is 9.32 Å². The van der Waals surface area contributed by atoms with Crippen LogP contribution in [0.5, 0.6) is 0 Å². The zero-order valence-corrected chi connectivity index (χ0v) is 15.3. The van der Waals surface area contributed by atoms with Crippen molar-refractivity contribution in [2.45, 2.75) is 19.3 Å². The van der Waals surface area contributed by atoms with Gasteiger partial charge in [0.1, 0.15) is 5.58 Å². The highest BCUT2D eigenvalue weighted by atomic mass is 19.3. The summed E-state index contributed by atoms with van der Waals surface area (Å²) in [4.78, 5) is 25.0. The normalized spacial score (nSPS) is 11.6. The monoisotopic (exact) mass is 371 g/mol. The highest BCUT2D eigenvalue weighted by Gasteiger charge is 2.42. The zero-order valence-electron chi connectivity index (χ0n) is 15.3. The maximum absolute atomic E-state index is 14.4. The third-order valence-corrected chi connectivity index (χ3v) is 4.55. The summed E-state index contributed by atoms with van der Waals surface area (Å²) in [5, 5.41) is 0.567. The SMILES string of the molecule is Cc1c(Cc2ccccc2)c(=O)oc2cc(C(F)(F)C(=O)N(C)C)ccc12. The van der Waals surface area contributed by atoms with Crippen molar-refractivity contribution in [3.63, 3.8) is 0 Å². The summed E-state index contributed by atoms with van der Waals surface area (Å²) < 4.78 is 34.1. The Bertz CT molecular complexity index is 1060. The van der Waals surface area contributed by atoms with Crippen LogP contribution in [0.3, 0.4) is 0 Å². The van der Waals surface area contributed by atoms with Crippen LogP contribution in [0.15, 0.2) is 57.7 Å². The van der Waals surface area contributed by atoms with Gasteiger partial charge in [-0.05, 0) is 24.1 Å². The molecule has 0 saturated carbocycles. The van der Waals surface area contributed by atoms with Gasteiger partial charge in [0.05, 0.1) is 0 Å². The molecule has 140 valence electrons. The van der Waals surface area contributed by atoms with E-state index in [4.69, 9.17) is 4.42 Å². The van der Waals surface area contributed by atoms with Crippen molar-refractivity contribution in [3.05, 3.63) is 81.2 Å². The first-order chi connectivity index (χ1) is 12.7. The van der Waals surface area contributed by atoms with E-state index >= 15 is 0 Å². The van der Waals surface area contributed by atoms with E-state index < -0.39 is 23.0 Å². The number of alkyl halides is 2. The summed E-state index contributed by atoms with van der Waals surface area (Å²) in [6.07, 6.45) is 0.391. The van der Waals surface area contributed by atoms with Crippen molar-refractivity contribution >= 4 is 16.9 Å². The maximum Gasteiger partial charge on any atom is 0.350 e. The number of fused-ring (bicyclic) bond motifs is 1. The molecule has 1 heterocycles. The van der Waals surface area contributed by atoms with Gasteiger partial charge in [-0.15, -0.1) is 0 Å². The summed E-state index contributed by atoms with van der Waals surface area (Å²) in [5.74, 6) is -5.03. The van der Waals surface area contributed by atoms with Crippen molar-refractivity contribution in [1.29, 1.82) is 0 Å². The van der Waals surface area contributed by atoms with Gasteiger partial charge in [0.2, 0.25) is 0 Å². The third kappa shape index (κ3) is 3.47. The lowest BCUT2D eigenvalue weighted by Crippen LogP contribution is -2.37. The number of benzene rings is 2. The molecule has 0 aliphatic carbocycles. The molecule has 27 heavy (non-hydrogen) atoms. The third-order valence-electron chi connectivity index (χ3n) is 4.55. The number of likely N-dealkylation sites (N-methyl/N-ethyl adjacent to an activating group) is 1. The fraction of sp³-hybridized carbons (Fsp3) is 0.238. The standard InChI is InChI=1S/C21H19F2NO3/c1-13-16-10-9-15(21(22,23)20(26)24(2)3)12-18(16)27-19(25)17(13)11-14-7-5-4-6-8-14/h4-10,12H,11H2,1-3H3. The second-order valence-corrected chi connectivity index (χ2v) is 6.64. The molecule has 0 unspecified atom stereocenters. The number of carbonyl (C=O) groups is 1. The predicted octanol–water partition coefficient (Wildman–Crippen LogP) is 3.87. The number of aryl methyl sites for hydroxylation is 1. The molecule has 3 rings (SSSR count). The van der Waals surface area contributed by atoms with Crippen molar-refractivity contribution in [2.24, 2.45) is 0 Å². The molecule has 2 aromatic carbocycles. The van der Waals surface area contributed by atoms with Crippen molar-refractivity contribution in [2.75, 3.05) is 14.1 Å². The van der Waals surface area contributed by atoms with Gasteiger partial charge in [0, 0.05) is 37.0 Å². The van der Waals surface area contributed by atoms with Gasteiger partial charge in [-0.1, -0.05) is 42.5 Å². The molecule has 3 aromatic rings. The minimum absolute atomic E-state index is 0.0399. The van der Waals surface area contributed by atoms with E-state index in [1.54, 1.807) is 6.92 Å². The van der Waals surface area contributed by atoms with Crippen LogP contribution < -0.4 is 5.63 Å². The van der Waals surface area contributed by atoms with Crippen LogP contribution in [0.2, 0.25) is 0 Å². The molecular weight excluding hydrogens is 352 g/mol. The van der Waals surface area contributed by atoms with Crippen LogP contribution in [0.4, 0.5) is 8.78 Å². The van der Waals surface area contributed by atoms with E-state index in [2.05, 4.69) is 0 Å². The van der Waals surface area contributed by atoms with Gasteiger partial charge in [0.25, 0.3) is 5.91 Å². The molecule has 0 aliphatic rings. The first kappa shape index (κ1) is 18.8. The summed E-state index contributed by atoms with van der Waals surface area (Å²) in [6.45, 7) is 1.76. The van der Waals surface area contributed by atoms with E-state index in [1.165, 1.54) is 26.2 Å². The highest BCUT2D eigenvalue weighted by Crippen LogP contribution is 2.32. The molecule has 0 N–H and O–H groups in total. The summed E-state index contributed by atoms with van der Waals surface area (Å²) in [5.41, 5.74) is 1.08. The van der Waals surface area contributed by atoms with Gasteiger partial charge in [-0.25, -0.2) is 4.79 Å². The topological polar surface area (TPSA) is 50.5 Å². The Labute approximate surface area is 155 Å². The highest BCUT2D eigenvalue weighted by molar-refractivity contribution is 5.87. The molecule has 1 aromatic heterocycles. The zero-order chi connectivity index (χ0) is 19.8. The summed E-state index contributed by atoms with van der Waals surface area (Å²) in [6, 6.07) is 13.2. The minimum Gasteiger partial charge on any atom is -0.422 e. The largest absolute Gasteiger partial charge is 0.422 e. The summed E-state index contributed by atoms with van der Waals surface area (Å²) >= 11 is 0. The number of nitrogens with zero attached hydrogens (tertiary/aromatic N) is 1.